The molecule has 1 aromatic rings. The van der Waals surface area contributed by atoms with E-state index in [1.54, 1.807) is 7.11 Å². The number of hydrogen-bond donors (Lipinski definition) is 1. The summed E-state index contributed by atoms with van der Waals surface area (Å²) in [6.45, 7) is 1.79. The molecule has 0 bridgehead atoms. The monoisotopic (exact) mass is 219 g/mol. The summed E-state index contributed by atoms with van der Waals surface area (Å²) in [5.74, 6) is 0.945. The Kier molecular flexibility index (Phi) is 2.58. The fraction of sp³-hybridized carbons (Fsp3) is 0.538. The Balaban J connectivity index is 1.96. The summed E-state index contributed by atoms with van der Waals surface area (Å²) in [6.07, 6.45) is 2.51. The minimum absolute atomic E-state index is 0.239. The van der Waals surface area contributed by atoms with Crippen molar-refractivity contribution in [2.24, 2.45) is 0 Å². The highest BCUT2D eigenvalue weighted by Gasteiger charge is 2.32. The van der Waals surface area contributed by atoms with E-state index in [0.717, 1.165) is 31.7 Å². The van der Waals surface area contributed by atoms with Gasteiger partial charge in [0, 0.05) is 12.6 Å². The Bertz CT molecular complexity index is 392. The van der Waals surface area contributed by atoms with Gasteiger partial charge in [0.25, 0.3) is 0 Å². The van der Waals surface area contributed by atoms with E-state index < -0.39 is 0 Å². The summed E-state index contributed by atoms with van der Waals surface area (Å²) in [5, 5.41) is 3.53. The minimum Gasteiger partial charge on any atom is -0.497 e. The molecule has 0 unspecified atom stereocenters. The lowest BCUT2D eigenvalue weighted by molar-refractivity contribution is -0.0127. The van der Waals surface area contributed by atoms with Gasteiger partial charge in [0.2, 0.25) is 0 Å². The maximum absolute atomic E-state index is 5.88. The molecule has 2 aliphatic rings. The molecule has 2 atom stereocenters. The molecule has 1 fully saturated rings. The zero-order valence-electron chi connectivity index (χ0n) is 9.53. The van der Waals surface area contributed by atoms with E-state index in [1.165, 1.54) is 11.1 Å². The molecule has 1 aromatic carbocycles. The summed E-state index contributed by atoms with van der Waals surface area (Å²) in [7, 11) is 1.71. The van der Waals surface area contributed by atoms with Crippen LogP contribution in [0.4, 0.5) is 0 Å². The van der Waals surface area contributed by atoms with Crippen LogP contribution >= 0.6 is 0 Å². The molecular weight excluding hydrogens is 202 g/mol. The number of fused-ring (bicyclic) bond motifs is 3. The van der Waals surface area contributed by atoms with Crippen molar-refractivity contribution in [2.75, 3.05) is 20.3 Å². The van der Waals surface area contributed by atoms with Crippen LogP contribution < -0.4 is 10.1 Å². The van der Waals surface area contributed by atoms with E-state index in [-0.39, 0.29) is 6.10 Å². The van der Waals surface area contributed by atoms with Crippen molar-refractivity contribution in [2.45, 2.75) is 25.0 Å². The molecule has 0 saturated carbocycles. The van der Waals surface area contributed by atoms with Crippen molar-refractivity contribution >= 4 is 0 Å². The maximum Gasteiger partial charge on any atom is 0.119 e. The van der Waals surface area contributed by atoms with Crippen LogP contribution in [-0.2, 0) is 11.2 Å². The molecule has 0 aromatic heterocycles. The smallest absolute Gasteiger partial charge is 0.119 e. The molecule has 1 aliphatic heterocycles. The van der Waals surface area contributed by atoms with Gasteiger partial charge in [0.1, 0.15) is 5.75 Å². The number of nitrogens with one attached hydrogen (secondary N) is 1. The summed E-state index contributed by atoms with van der Waals surface area (Å²) in [4.78, 5) is 0. The largest absolute Gasteiger partial charge is 0.497 e. The maximum atomic E-state index is 5.88. The first-order valence-corrected chi connectivity index (χ1v) is 5.90. The van der Waals surface area contributed by atoms with Crippen molar-refractivity contribution in [3.8, 4) is 5.75 Å². The van der Waals surface area contributed by atoms with Crippen LogP contribution in [0.5, 0.6) is 5.75 Å². The second kappa shape index (κ2) is 4.07. The molecule has 3 rings (SSSR count). The van der Waals surface area contributed by atoms with Gasteiger partial charge in [-0.3, -0.25) is 0 Å². The predicted molar refractivity (Wildman–Crippen MR) is 61.8 cm³/mol. The van der Waals surface area contributed by atoms with E-state index in [2.05, 4.69) is 17.4 Å². The van der Waals surface area contributed by atoms with Crippen molar-refractivity contribution in [1.82, 2.24) is 5.32 Å². The molecule has 0 spiro atoms. The second-order valence-corrected chi connectivity index (χ2v) is 4.46. The Labute approximate surface area is 95.8 Å². The van der Waals surface area contributed by atoms with Crippen LogP contribution in [-0.4, -0.2) is 26.3 Å². The van der Waals surface area contributed by atoms with E-state index in [1.807, 2.05) is 6.07 Å². The molecule has 1 heterocycles. The zero-order valence-corrected chi connectivity index (χ0v) is 9.53. The Hall–Kier alpha value is -1.06. The Morgan fingerprint density at radius 3 is 3.25 bits per heavy atom. The Morgan fingerprint density at radius 2 is 2.38 bits per heavy atom. The number of benzene rings is 1. The molecule has 1 aliphatic carbocycles. The third-order valence-corrected chi connectivity index (χ3v) is 3.55. The number of methoxy groups -OCH3 is 1. The molecule has 16 heavy (non-hydrogen) atoms. The highest BCUT2D eigenvalue weighted by atomic mass is 16.5. The third-order valence-electron chi connectivity index (χ3n) is 3.55. The predicted octanol–water partition coefficient (Wildman–Crippen LogP) is 1.67. The SMILES string of the molecule is COc1ccc2c(c1)CC[C@@H]1NCCO[C@H]21. The van der Waals surface area contributed by atoms with E-state index >= 15 is 0 Å². The second-order valence-electron chi connectivity index (χ2n) is 4.46. The van der Waals surface area contributed by atoms with Crippen LogP contribution in [0.2, 0.25) is 0 Å². The summed E-state index contributed by atoms with van der Waals surface area (Å²) in [6, 6.07) is 6.82. The highest BCUT2D eigenvalue weighted by Crippen LogP contribution is 2.35. The molecule has 3 heteroatoms. The molecule has 0 radical (unpaired) electrons. The fourth-order valence-electron chi connectivity index (χ4n) is 2.73. The number of hydrogen-bond acceptors (Lipinski definition) is 3. The quantitative estimate of drug-likeness (QED) is 0.779. The highest BCUT2D eigenvalue weighted by molar-refractivity contribution is 5.39. The van der Waals surface area contributed by atoms with E-state index in [9.17, 15) is 0 Å². The van der Waals surface area contributed by atoms with Crippen LogP contribution in [0.3, 0.4) is 0 Å². The van der Waals surface area contributed by atoms with E-state index in [4.69, 9.17) is 9.47 Å². The van der Waals surface area contributed by atoms with Crippen molar-refractivity contribution in [3.63, 3.8) is 0 Å². The van der Waals surface area contributed by atoms with Gasteiger partial charge in [-0.05, 0) is 36.1 Å². The average molecular weight is 219 g/mol. The first-order valence-electron chi connectivity index (χ1n) is 5.90. The first-order chi connectivity index (χ1) is 7.88. The lowest BCUT2D eigenvalue weighted by Crippen LogP contribution is -2.45. The molecule has 1 saturated heterocycles. The molecule has 0 amide bonds. The van der Waals surface area contributed by atoms with Gasteiger partial charge in [-0.1, -0.05) is 6.07 Å². The summed E-state index contributed by atoms with van der Waals surface area (Å²) >= 11 is 0. The van der Waals surface area contributed by atoms with Crippen LogP contribution in [0.15, 0.2) is 18.2 Å². The topological polar surface area (TPSA) is 30.5 Å². The van der Waals surface area contributed by atoms with Crippen LogP contribution in [0.25, 0.3) is 0 Å². The summed E-state index contributed by atoms with van der Waals surface area (Å²) in [5.41, 5.74) is 2.72. The van der Waals surface area contributed by atoms with Gasteiger partial charge < -0.3 is 14.8 Å². The van der Waals surface area contributed by atoms with Crippen LogP contribution in [0, 0.1) is 0 Å². The lowest BCUT2D eigenvalue weighted by atomic mass is 9.85. The van der Waals surface area contributed by atoms with Gasteiger partial charge >= 0.3 is 0 Å². The van der Waals surface area contributed by atoms with Gasteiger partial charge in [-0.15, -0.1) is 0 Å². The van der Waals surface area contributed by atoms with Crippen molar-refractivity contribution < 1.29 is 9.47 Å². The third kappa shape index (κ3) is 1.60. The molecular formula is C13H17NO2. The number of morpholine rings is 1. The van der Waals surface area contributed by atoms with Gasteiger partial charge in [0.15, 0.2) is 0 Å². The Morgan fingerprint density at radius 1 is 1.44 bits per heavy atom. The molecule has 1 N–H and O–H groups in total. The summed E-state index contributed by atoms with van der Waals surface area (Å²) < 4.78 is 11.1. The van der Waals surface area contributed by atoms with Crippen LogP contribution in [0.1, 0.15) is 23.7 Å². The lowest BCUT2D eigenvalue weighted by Gasteiger charge is -2.37. The van der Waals surface area contributed by atoms with Gasteiger partial charge in [-0.25, -0.2) is 0 Å². The first kappa shape index (κ1) is 10.1. The zero-order chi connectivity index (χ0) is 11.0. The number of rotatable bonds is 1. The van der Waals surface area contributed by atoms with Gasteiger partial charge in [-0.2, -0.15) is 0 Å². The number of aryl methyl sites for hydroxylation is 1. The number of ether oxygens (including phenoxy) is 2. The minimum atomic E-state index is 0.239. The van der Waals surface area contributed by atoms with Crippen molar-refractivity contribution in [3.05, 3.63) is 29.3 Å². The fourth-order valence-corrected chi connectivity index (χ4v) is 2.73. The molecule has 3 nitrogen and oxygen atoms in total. The van der Waals surface area contributed by atoms with Gasteiger partial charge in [0.05, 0.1) is 19.8 Å². The van der Waals surface area contributed by atoms with E-state index in [0.29, 0.717) is 6.04 Å². The van der Waals surface area contributed by atoms with Crippen molar-refractivity contribution in [1.29, 1.82) is 0 Å². The molecule has 86 valence electrons. The average Bonchev–Trinajstić information content (AvgIpc) is 2.38. The normalized spacial score (nSPS) is 28.1. The standard InChI is InChI=1S/C13H17NO2/c1-15-10-3-4-11-9(8-10)2-5-12-13(11)16-7-6-14-12/h3-4,8,12-14H,2,5-7H2,1H3/t12-,13+/m0/s1.